The maximum atomic E-state index is 12.8. The van der Waals surface area contributed by atoms with Gasteiger partial charge in [-0.3, -0.25) is 18.6 Å². The average Bonchev–Trinajstić information content (AvgIpc) is 3.18. The topological polar surface area (TPSA) is 210 Å². The summed E-state index contributed by atoms with van der Waals surface area (Å²) < 4.78 is 33.4. The van der Waals surface area contributed by atoms with E-state index in [9.17, 15) is 44.6 Å². The number of carbonyl (C=O) groups excluding carboxylic acids is 2. The highest BCUT2D eigenvalue weighted by Crippen LogP contribution is 2.47. The molecule has 0 aromatic rings. The van der Waals surface area contributed by atoms with Gasteiger partial charge in [-0.1, -0.05) is 126 Å². The molecule has 1 saturated carbocycles. The SMILES string of the molecule is CC/C=C/C=C/C=C/C=C/CCCCCCCC(=O)OC[C@@H](COP(=O)(O)OC1C(O)C(O)C(O)[C@H](O)C1O)OC(=O)CCCCCCC/C=C/CCCCC. The Morgan fingerprint density at radius 2 is 1.04 bits per heavy atom. The zero-order chi connectivity index (χ0) is 41.4. The molecule has 0 saturated heterocycles. The summed E-state index contributed by atoms with van der Waals surface area (Å²) in [5, 5.41) is 50.0. The number of aliphatic hydroxyl groups is 5. The number of hydrogen-bond acceptors (Lipinski definition) is 12. The van der Waals surface area contributed by atoms with Gasteiger partial charge in [0.05, 0.1) is 6.61 Å². The number of allylic oxidation sites excluding steroid dienone is 10. The molecule has 0 aliphatic heterocycles. The summed E-state index contributed by atoms with van der Waals surface area (Å²) in [6, 6.07) is 0. The Hall–Kier alpha value is -2.45. The number of unbranched alkanes of at least 4 members (excludes halogenated alkanes) is 13. The first-order valence-electron chi connectivity index (χ1n) is 20.6. The minimum atomic E-state index is -5.12. The summed E-state index contributed by atoms with van der Waals surface area (Å²) >= 11 is 0. The smallest absolute Gasteiger partial charge is 0.462 e. The van der Waals surface area contributed by atoms with E-state index < -0.39 is 75.7 Å². The fourth-order valence-electron chi connectivity index (χ4n) is 5.82. The molecule has 1 fully saturated rings. The highest BCUT2D eigenvalue weighted by atomic mass is 31.2. The molecule has 0 heterocycles. The first-order chi connectivity index (χ1) is 26.9. The average molecular weight is 815 g/mol. The largest absolute Gasteiger partial charge is 0.472 e. The predicted octanol–water partition coefficient (Wildman–Crippen LogP) is 6.99. The van der Waals surface area contributed by atoms with Gasteiger partial charge in [0.25, 0.3) is 0 Å². The maximum absolute atomic E-state index is 12.8. The molecule has 0 aromatic heterocycles. The van der Waals surface area contributed by atoms with Crippen LogP contribution < -0.4 is 0 Å². The van der Waals surface area contributed by atoms with Crippen LogP contribution in [0, 0.1) is 0 Å². The number of esters is 2. The van der Waals surface area contributed by atoms with Crippen molar-refractivity contribution in [1.29, 1.82) is 0 Å². The van der Waals surface area contributed by atoms with E-state index in [1.54, 1.807) is 0 Å². The molecule has 0 radical (unpaired) electrons. The van der Waals surface area contributed by atoms with Crippen LogP contribution in [0.5, 0.6) is 0 Å². The number of aliphatic hydroxyl groups excluding tert-OH is 5. The Balaban J connectivity index is 2.54. The molecule has 13 nitrogen and oxygen atoms in total. The fourth-order valence-corrected chi connectivity index (χ4v) is 6.79. The summed E-state index contributed by atoms with van der Waals surface area (Å²) in [5.41, 5.74) is 0. The van der Waals surface area contributed by atoms with Crippen LogP contribution in [0.25, 0.3) is 0 Å². The van der Waals surface area contributed by atoms with Crippen LogP contribution in [0.4, 0.5) is 0 Å². The van der Waals surface area contributed by atoms with Crippen LogP contribution in [0.1, 0.15) is 136 Å². The van der Waals surface area contributed by atoms with Crippen molar-refractivity contribution < 1.29 is 63.1 Å². The lowest BCUT2D eigenvalue weighted by Gasteiger charge is -2.41. The molecular weight excluding hydrogens is 743 g/mol. The Morgan fingerprint density at radius 3 is 1.61 bits per heavy atom. The molecule has 56 heavy (non-hydrogen) atoms. The molecule has 1 rings (SSSR count). The molecule has 0 amide bonds. The van der Waals surface area contributed by atoms with Crippen molar-refractivity contribution in [1.82, 2.24) is 0 Å². The zero-order valence-electron chi connectivity index (χ0n) is 33.7. The normalized spacial score (nSPS) is 23.5. The van der Waals surface area contributed by atoms with E-state index >= 15 is 0 Å². The van der Waals surface area contributed by atoms with E-state index in [1.165, 1.54) is 19.3 Å². The van der Waals surface area contributed by atoms with E-state index in [2.05, 4.69) is 38.2 Å². The number of phosphoric acid groups is 1. The lowest BCUT2D eigenvalue weighted by Crippen LogP contribution is -2.64. The number of hydrogen-bond donors (Lipinski definition) is 6. The van der Waals surface area contributed by atoms with E-state index in [0.717, 1.165) is 77.0 Å². The maximum Gasteiger partial charge on any atom is 0.472 e. The molecule has 1 aliphatic carbocycles. The summed E-state index contributed by atoms with van der Waals surface area (Å²) in [5.74, 6) is -1.14. The lowest BCUT2D eigenvalue weighted by molar-refractivity contribution is -0.220. The van der Waals surface area contributed by atoms with E-state index in [4.69, 9.17) is 18.5 Å². The molecular formula is C42H71O13P. The quantitative estimate of drug-likeness (QED) is 0.0133. The van der Waals surface area contributed by atoms with Crippen LogP contribution in [-0.2, 0) is 32.7 Å². The van der Waals surface area contributed by atoms with E-state index in [0.29, 0.717) is 12.8 Å². The van der Waals surface area contributed by atoms with Gasteiger partial charge in [0, 0.05) is 12.8 Å². The van der Waals surface area contributed by atoms with Crippen molar-refractivity contribution in [2.24, 2.45) is 0 Å². The first-order valence-corrected chi connectivity index (χ1v) is 22.1. The number of phosphoric ester groups is 1. The van der Waals surface area contributed by atoms with Crippen molar-refractivity contribution in [3.05, 3.63) is 60.8 Å². The van der Waals surface area contributed by atoms with Gasteiger partial charge in [0.15, 0.2) is 6.10 Å². The summed E-state index contributed by atoms with van der Waals surface area (Å²) in [6.45, 7) is 3.07. The molecule has 6 N–H and O–H groups in total. The van der Waals surface area contributed by atoms with Crippen molar-refractivity contribution in [2.45, 2.75) is 179 Å². The van der Waals surface area contributed by atoms with Crippen LogP contribution >= 0.6 is 7.82 Å². The van der Waals surface area contributed by atoms with Crippen LogP contribution in [0.2, 0.25) is 0 Å². The Morgan fingerprint density at radius 1 is 0.571 bits per heavy atom. The highest BCUT2D eigenvalue weighted by molar-refractivity contribution is 7.47. The van der Waals surface area contributed by atoms with E-state index in [-0.39, 0.29) is 12.8 Å². The highest BCUT2D eigenvalue weighted by Gasteiger charge is 2.51. The van der Waals surface area contributed by atoms with Gasteiger partial charge in [0.1, 0.15) is 43.2 Å². The molecule has 6 unspecified atom stereocenters. The molecule has 14 heteroatoms. The van der Waals surface area contributed by atoms with Crippen LogP contribution in [0.3, 0.4) is 0 Å². The van der Waals surface area contributed by atoms with Gasteiger partial charge in [-0.25, -0.2) is 4.57 Å². The lowest BCUT2D eigenvalue weighted by atomic mass is 9.85. The predicted molar refractivity (Wildman–Crippen MR) is 216 cm³/mol. The Kier molecular flexibility index (Phi) is 29.9. The number of ether oxygens (including phenoxy) is 2. The van der Waals surface area contributed by atoms with Crippen molar-refractivity contribution in [3.63, 3.8) is 0 Å². The van der Waals surface area contributed by atoms with Crippen LogP contribution in [-0.4, -0.2) is 98.3 Å². The molecule has 0 aromatic carbocycles. The van der Waals surface area contributed by atoms with Gasteiger partial charge in [0.2, 0.25) is 0 Å². The fraction of sp³-hybridized carbons (Fsp3) is 0.714. The van der Waals surface area contributed by atoms with Gasteiger partial charge < -0.3 is 39.9 Å². The molecule has 0 bridgehead atoms. The van der Waals surface area contributed by atoms with Gasteiger partial charge in [-0.2, -0.15) is 0 Å². The molecule has 8 atom stereocenters. The van der Waals surface area contributed by atoms with Crippen molar-refractivity contribution in [3.8, 4) is 0 Å². The molecule has 322 valence electrons. The minimum Gasteiger partial charge on any atom is -0.462 e. The third-order valence-electron chi connectivity index (χ3n) is 9.19. The minimum absolute atomic E-state index is 0.0778. The summed E-state index contributed by atoms with van der Waals surface area (Å²) in [4.78, 5) is 35.5. The second-order valence-corrected chi connectivity index (χ2v) is 15.6. The molecule has 0 spiro atoms. The first kappa shape index (κ1) is 51.6. The van der Waals surface area contributed by atoms with E-state index in [1.807, 2.05) is 36.5 Å². The second-order valence-electron chi connectivity index (χ2n) is 14.2. The summed E-state index contributed by atoms with van der Waals surface area (Å²) in [7, 11) is -5.12. The van der Waals surface area contributed by atoms with Crippen molar-refractivity contribution >= 4 is 19.8 Å². The Bertz CT molecular complexity index is 1220. The Labute approximate surface area is 334 Å². The molecule has 1 aliphatic rings. The standard InChI is InChI=1S/C42H71O13P/c1-3-5-7-9-11-13-15-17-18-19-21-22-24-26-28-30-35(43)52-32-34(54-36(44)31-29-27-25-23-20-16-14-12-10-8-6-4-2)33-53-56(50,51)55-42-40(48)38(46)37(45)39(47)41(42)49/h5,7,9,11-15,17-18,34,37-42,45-49H,3-4,6,8,10,16,19-33H2,1-2H3,(H,50,51)/b7-5+,11-9+,14-12+,15-13+,18-17+/t34-,37?,38-,39?,40?,41?,42?/m0/s1. The number of rotatable bonds is 32. The van der Waals surface area contributed by atoms with Gasteiger partial charge in [-0.15, -0.1) is 0 Å². The van der Waals surface area contributed by atoms with Crippen LogP contribution in [0.15, 0.2) is 60.8 Å². The van der Waals surface area contributed by atoms with Gasteiger partial charge >= 0.3 is 19.8 Å². The third-order valence-corrected chi connectivity index (χ3v) is 10.2. The monoisotopic (exact) mass is 814 g/mol. The second kappa shape index (κ2) is 32.5. The third kappa shape index (κ3) is 25.0. The van der Waals surface area contributed by atoms with Gasteiger partial charge in [-0.05, 0) is 57.8 Å². The number of carbonyl (C=O) groups is 2. The van der Waals surface area contributed by atoms with Crippen molar-refractivity contribution in [2.75, 3.05) is 13.2 Å². The zero-order valence-corrected chi connectivity index (χ0v) is 34.5. The summed E-state index contributed by atoms with van der Waals surface area (Å²) in [6.07, 6.45) is 24.3.